The minimum Gasteiger partial charge on any atom is -0.484 e. The van der Waals surface area contributed by atoms with Crippen LogP contribution in [0, 0.1) is 11.3 Å². The number of hydrogen-bond donors (Lipinski definition) is 4. The lowest BCUT2D eigenvalue weighted by Gasteiger charge is -2.28. The van der Waals surface area contributed by atoms with Gasteiger partial charge in [-0.2, -0.15) is 13.3 Å². The predicted octanol–water partition coefficient (Wildman–Crippen LogP) is 5.70. The molecule has 3 aromatic rings. The quantitative estimate of drug-likeness (QED) is 0.0735. The number of ketones is 1. The lowest BCUT2D eigenvalue weighted by Crippen LogP contribution is -2.71. The summed E-state index contributed by atoms with van der Waals surface area (Å²) in [6.07, 6.45) is 2.77. The summed E-state index contributed by atoms with van der Waals surface area (Å²) >= 11 is 0. The molecule has 48 heavy (non-hydrogen) atoms. The summed E-state index contributed by atoms with van der Waals surface area (Å²) in [6.45, 7) is 2.55. The van der Waals surface area contributed by atoms with E-state index in [1.54, 1.807) is 61.5 Å². The van der Waals surface area contributed by atoms with E-state index in [4.69, 9.17) is 19.6 Å². The first-order chi connectivity index (χ1) is 22.8. The van der Waals surface area contributed by atoms with Crippen molar-refractivity contribution in [3.63, 3.8) is 0 Å². The van der Waals surface area contributed by atoms with E-state index in [0.29, 0.717) is 71.8 Å². The van der Waals surface area contributed by atoms with Gasteiger partial charge in [0.15, 0.2) is 12.6 Å². The molecule has 256 valence electrons. The first-order valence-corrected chi connectivity index (χ1v) is 17.7. The molecule has 0 aliphatic carbocycles. The number of amides is 1. The predicted molar refractivity (Wildman–Crippen MR) is 177 cm³/mol. The molecule has 5 N–H and O–H groups in total. The molecule has 2 heterocycles. The van der Waals surface area contributed by atoms with Crippen LogP contribution < -0.4 is 20.1 Å². The number of halogens is 2. The number of hydrogen-bond acceptors (Lipinski definition) is 7. The molecule has 2 aliphatic heterocycles. The van der Waals surface area contributed by atoms with E-state index >= 15 is 0 Å². The number of nitrogens with two attached hydrogens (primary N) is 1. The topological polar surface area (TPSA) is 152 Å². The minimum absolute atomic E-state index is 0.00260. The molecule has 1 amide bonds. The Morgan fingerprint density at radius 1 is 1.21 bits per heavy atom. The van der Waals surface area contributed by atoms with E-state index < -0.39 is 34.2 Å². The van der Waals surface area contributed by atoms with Crippen LogP contribution in [0.2, 0.25) is 0 Å². The molecule has 0 aromatic heterocycles. The van der Waals surface area contributed by atoms with Gasteiger partial charge >= 0.3 is 5.92 Å². The molecule has 2 aliphatic rings. The molecule has 0 saturated carbocycles. The summed E-state index contributed by atoms with van der Waals surface area (Å²) in [4.78, 5) is 25.1. The monoisotopic (exact) mass is 685 g/mol. The van der Waals surface area contributed by atoms with Gasteiger partial charge in [0, 0.05) is 55.2 Å². The summed E-state index contributed by atoms with van der Waals surface area (Å²) < 4.78 is 66.3. The molecular formula is C35H41F2N3O7S+2. The Labute approximate surface area is 279 Å². The number of carbonyl (C=O) groups is 2. The van der Waals surface area contributed by atoms with Crippen molar-refractivity contribution in [1.82, 2.24) is 5.32 Å². The van der Waals surface area contributed by atoms with Crippen molar-refractivity contribution in [2.45, 2.75) is 64.2 Å². The standard InChI is InChI=1S/C35H39F2N3O7S/c1-22(39-34(42)35(2,36)37)33(25-9-10-26-19-45-21-46-32(26)17-25)47-29-11-12-30(27(16-29)18-38)40-28-7-4-6-24(15-28)31(41)8-3-5-23-13-14-48(43,44)20-23/h4,6-7,9-12,15-18,22-23,33H,3,5,8,13-14,19-21H2,1-2H3,(H3-,38,39,40,42,43,44)/p+2. The lowest BCUT2D eigenvalue weighted by molar-refractivity contribution is -0.478. The highest BCUT2D eigenvalue weighted by atomic mass is 32.3. The molecule has 5 rings (SSSR count). The maximum Gasteiger partial charge on any atom is 0.321 e. The van der Waals surface area contributed by atoms with Gasteiger partial charge in [-0.25, -0.2) is 0 Å². The molecule has 4 atom stereocenters. The molecule has 0 spiro atoms. The molecular weight excluding hydrogens is 644 g/mol. The molecule has 0 radical (unpaired) electrons. The zero-order valence-electron chi connectivity index (χ0n) is 26.9. The van der Waals surface area contributed by atoms with Crippen LogP contribution >= 0.6 is 0 Å². The Balaban J connectivity index is 1.29. The van der Waals surface area contributed by atoms with Gasteiger partial charge in [0.2, 0.25) is 10.2 Å². The van der Waals surface area contributed by atoms with Crippen LogP contribution in [-0.2, 0) is 30.6 Å². The van der Waals surface area contributed by atoms with E-state index in [9.17, 15) is 27.1 Å². The molecule has 3 aromatic carbocycles. The highest BCUT2D eigenvalue weighted by Gasteiger charge is 2.38. The zero-order valence-corrected chi connectivity index (χ0v) is 27.7. The number of quaternary nitrogens is 1. The summed E-state index contributed by atoms with van der Waals surface area (Å²) in [5.41, 5.74) is 3.95. The van der Waals surface area contributed by atoms with Crippen molar-refractivity contribution in [3.8, 4) is 11.5 Å². The number of fused-ring (bicyclic) bond motifs is 1. The molecule has 10 nitrogen and oxygen atoms in total. The fourth-order valence-corrected chi connectivity index (χ4v) is 7.88. The number of alkyl halides is 2. The second-order valence-electron chi connectivity index (χ2n) is 12.5. The second-order valence-corrected chi connectivity index (χ2v) is 14.8. The van der Waals surface area contributed by atoms with Gasteiger partial charge in [-0.05, 0) is 49.6 Å². The Kier molecular flexibility index (Phi) is 11.0. The van der Waals surface area contributed by atoms with Gasteiger partial charge in [0.05, 0.1) is 18.2 Å². The fraction of sp³-hybridized carbons (Fsp3) is 0.400. The third-order valence-electron chi connectivity index (χ3n) is 8.55. The van der Waals surface area contributed by atoms with Crippen molar-refractivity contribution in [2.75, 3.05) is 18.3 Å². The number of ether oxygens (including phenoxy) is 3. The lowest BCUT2D eigenvalue weighted by atomic mass is 9.98. The van der Waals surface area contributed by atoms with Crippen molar-refractivity contribution < 1.29 is 46.7 Å². The fourth-order valence-electron chi connectivity index (χ4n) is 5.95. The van der Waals surface area contributed by atoms with Crippen molar-refractivity contribution >= 4 is 39.5 Å². The molecule has 4 unspecified atom stereocenters. The van der Waals surface area contributed by atoms with Gasteiger partial charge in [0.25, 0.3) is 5.91 Å². The van der Waals surface area contributed by atoms with Crippen molar-refractivity contribution in [1.29, 1.82) is 5.41 Å². The van der Waals surface area contributed by atoms with E-state index in [-0.39, 0.29) is 18.5 Å². The van der Waals surface area contributed by atoms with E-state index in [2.05, 4.69) is 5.32 Å². The average molecular weight is 686 g/mol. The molecule has 1 fully saturated rings. The third kappa shape index (κ3) is 9.10. The van der Waals surface area contributed by atoms with Crippen LogP contribution in [0.3, 0.4) is 0 Å². The third-order valence-corrected chi connectivity index (χ3v) is 10.4. The van der Waals surface area contributed by atoms with Crippen LogP contribution in [0.5, 0.6) is 11.5 Å². The SMILES string of the molecule is CC(NC(=O)C(C)(F)F)C(Oc1ccc([NH2+]c2cccc(C(=O)CCCC3CC[S+](=O)(O)C3)c2)c(C=N)c1)c1ccc2c(c1)OCOC2. The van der Waals surface area contributed by atoms with Gasteiger partial charge in [-0.15, -0.1) is 0 Å². The van der Waals surface area contributed by atoms with Crippen molar-refractivity contribution in [3.05, 3.63) is 82.9 Å². The molecule has 13 heteroatoms. The normalized spacial score (nSPS) is 20.2. The second kappa shape index (κ2) is 15.0. The van der Waals surface area contributed by atoms with E-state index in [1.807, 2.05) is 11.4 Å². The Morgan fingerprint density at radius 3 is 2.75 bits per heavy atom. The minimum atomic E-state index is -3.58. The van der Waals surface area contributed by atoms with Crippen LogP contribution in [0.4, 0.5) is 20.2 Å². The van der Waals surface area contributed by atoms with E-state index in [0.717, 1.165) is 24.1 Å². The molecule has 1 saturated heterocycles. The van der Waals surface area contributed by atoms with Gasteiger partial charge in [-0.1, -0.05) is 28.5 Å². The van der Waals surface area contributed by atoms with Crippen LogP contribution in [0.15, 0.2) is 60.7 Å². The summed E-state index contributed by atoms with van der Waals surface area (Å²) in [6, 6.07) is 16.8. The van der Waals surface area contributed by atoms with E-state index in [1.165, 1.54) is 6.21 Å². The van der Waals surface area contributed by atoms with Gasteiger partial charge < -0.3 is 24.9 Å². The maximum absolute atomic E-state index is 13.8. The van der Waals surface area contributed by atoms with Crippen LogP contribution in [0.1, 0.15) is 72.7 Å². The highest BCUT2D eigenvalue weighted by Crippen LogP contribution is 2.33. The Morgan fingerprint density at radius 2 is 2.02 bits per heavy atom. The highest BCUT2D eigenvalue weighted by molar-refractivity contribution is 7.97. The van der Waals surface area contributed by atoms with Gasteiger partial charge in [-0.3, -0.25) is 14.9 Å². The first kappa shape index (κ1) is 35.3. The first-order valence-electron chi connectivity index (χ1n) is 15.8. The number of nitrogens with one attached hydrogen (secondary N) is 2. The van der Waals surface area contributed by atoms with Crippen LogP contribution in [-0.4, -0.2) is 52.7 Å². The Bertz CT molecular complexity index is 1710. The van der Waals surface area contributed by atoms with Crippen LogP contribution in [0.25, 0.3) is 0 Å². The Hall–Kier alpha value is -4.04. The smallest absolute Gasteiger partial charge is 0.321 e. The summed E-state index contributed by atoms with van der Waals surface area (Å²) in [7, 11) is -2.69. The van der Waals surface area contributed by atoms with Crippen molar-refractivity contribution in [2.24, 2.45) is 5.92 Å². The summed E-state index contributed by atoms with van der Waals surface area (Å²) in [5, 5.41) is 12.3. The molecule has 0 bridgehead atoms. The number of rotatable bonds is 14. The number of Topliss-reactive ketones (excluding diaryl/α,β-unsaturated/α-hetero) is 1. The largest absolute Gasteiger partial charge is 0.484 e. The number of benzene rings is 3. The maximum atomic E-state index is 13.8. The summed E-state index contributed by atoms with van der Waals surface area (Å²) in [5.74, 6) is -3.24. The van der Waals surface area contributed by atoms with Gasteiger partial charge in [0.1, 0.15) is 40.5 Å². The number of carbonyl (C=O) groups excluding carboxylic acids is 2. The average Bonchev–Trinajstić information content (AvgIpc) is 3.41. The zero-order chi connectivity index (χ0) is 34.5.